The van der Waals surface area contributed by atoms with Crippen LogP contribution in [-0.2, 0) is 20.2 Å². The lowest BCUT2D eigenvalue weighted by Crippen LogP contribution is -2.32. The third kappa shape index (κ3) is 3.20. The second-order valence-electron chi connectivity index (χ2n) is 5.96. The summed E-state index contributed by atoms with van der Waals surface area (Å²) >= 11 is 0. The number of hydrogen-bond donors (Lipinski definition) is 1. The molecule has 1 aliphatic heterocycles. The third-order valence-corrected chi connectivity index (χ3v) is 5.40. The van der Waals surface area contributed by atoms with E-state index in [-0.39, 0.29) is 4.90 Å². The summed E-state index contributed by atoms with van der Waals surface area (Å²) in [6, 6.07) is 16.7. The highest BCUT2D eigenvalue weighted by Crippen LogP contribution is 2.35. The fraction of sp³-hybridized carbons (Fsp3) is 0.278. The lowest BCUT2D eigenvalue weighted by Gasteiger charge is -2.31. The number of ether oxygens (including phenoxy) is 1. The van der Waals surface area contributed by atoms with Crippen LogP contribution >= 0.6 is 0 Å². The normalized spacial score (nSPS) is 17.2. The Labute approximate surface area is 141 Å². The predicted molar refractivity (Wildman–Crippen MR) is 90.6 cm³/mol. The SMILES string of the molecule is N#CC1(c2ccc(-c3cccc(S(N)(=O)=O)c3)cc2)CCOCC1. The number of nitrogens with two attached hydrogens (primary N) is 1. The molecule has 1 saturated heterocycles. The van der Waals surface area contributed by atoms with Crippen LogP contribution in [0.5, 0.6) is 0 Å². The molecule has 0 aliphatic carbocycles. The maximum atomic E-state index is 11.5. The van der Waals surface area contributed by atoms with Crippen molar-refractivity contribution in [3.8, 4) is 17.2 Å². The second kappa shape index (κ2) is 6.36. The summed E-state index contributed by atoms with van der Waals surface area (Å²) in [5.74, 6) is 0. The standard InChI is InChI=1S/C18H18N2O3S/c19-13-18(8-10-23-11-9-18)16-6-4-14(5-7-16)15-2-1-3-17(12-15)24(20,21)22/h1-7,12H,8-11H2,(H2,20,21,22). The Morgan fingerprint density at radius 1 is 1.04 bits per heavy atom. The highest BCUT2D eigenvalue weighted by molar-refractivity contribution is 7.89. The molecule has 1 fully saturated rings. The Kier molecular flexibility index (Phi) is 4.41. The molecule has 0 atom stereocenters. The molecular weight excluding hydrogens is 324 g/mol. The van der Waals surface area contributed by atoms with Crippen LogP contribution in [0.2, 0.25) is 0 Å². The molecular formula is C18H18N2O3S. The van der Waals surface area contributed by atoms with Gasteiger partial charge in [0.05, 0.1) is 16.4 Å². The van der Waals surface area contributed by atoms with Crippen LogP contribution < -0.4 is 5.14 Å². The molecule has 3 rings (SSSR count). The quantitative estimate of drug-likeness (QED) is 0.927. The van der Waals surface area contributed by atoms with E-state index in [0.29, 0.717) is 26.1 Å². The van der Waals surface area contributed by atoms with Gasteiger partial charge >= 0.3 is 0 Å². The maximum absolute atomic E-state index is 11.5. The van der Waals surface area contributed by atoms with Gasteiger partial charge in [0.15, 0.2) is 0 Å². The van der Waals surface area contributed by atoms with Gasteiger partial charge in [-0.1, -0.05) is 36.4 Å². The van der Waals surface area contributed by atoms with E-state index in [1.165, 1.54) is 6.07 Å². The fourth-order valence-corrected chi connectivity index (χ4v) is 3.58. The highest BCUT2D eigenvalue weighted by atomic mass is 32.2. The molecule has 6 heteroatoms. The van der Waals surface area contributed by atoms with Gasteiger partial charge in [0, 0.05) is 13.2 Å². The van der Waals surface area contributed by atoms with Crippen molar-refractivity contribution in [2.24, 2.45) is 5.14 Å². The Morgan fingerprint density at radius 2 is 1.71 bits per heavy atom. The Bertz CT molecular complexity index is 877. The zero-order valence-electron chi connectivity index (χ0n) is 13.1. The number of hydrogen-bond acceptors (Lipinski definition) is 4. The van der Waals surface area contributed by atoms with Crippen molar-refractivity contribution < 1.29 is 13.2 Å². The van der Waals surface area contributed by atoms with Crippen molar-refractivity contribution in [2.45, 2.75) is 23.2 Å². The molecule has 1 aliphatic rings. The summed E-state index contributed by atoms with van der Waals surface area (Å²) in [4.78, 5) is 0.0852. The predicted octanol–water partition coefficient (Wildman–Crippen LogP) is 2.57. The second-order valence-corrected chi connectivity index (χ2v) is 7.52. The van der Waals surface area contributed by atoms with Gasteiger partial charge in [-0.15, -0.1) is 0 Å². The first-order chi connectivity index (χ1) is 11.4. The van der Waals surface area contributed by atoms with Crippen LogP contribution in [0.1, 0.15) is 18.4 Å². The van der Waals surface area contributed by atoms with Crippen molar-refractivity contribution in [3.05, 3.63) is 54.1 Å². The minimum Gasteiger partial charge on any atom is -0.381 e. The average Bonchev–Trinajstić information content (AvgIpc) is 2.62. The fourth-order valence-electron chi connectivity index (χ4n) is 3.02. The molecule has 124 valence electrons. The molecule has 5 nitrogen and oxygen atoms in total. The summed E-state index contributed by atoms with van der Waals surface area (Å²) < 4.78 is 28.3. The number of primary sulfonamides is 1. The third-order valence-electron chi connectivity index (χ3n) is 4.49. The van der Waals surface area contributed by atoms with Crippen molar-refractivity contribution in [2.75, 3.05) is 13.2 Å². The molecule has 0 aromatic heterocycles. The minimum atomic E-state index is -3.73. The van der Waals surface area contributed by atoms with Gasteiger partial charge < -0.3 is 4.74 Å². The van der Waals surface area contributed by atoms with Crippen LogP contribution in [0.25, 0.3) is 11.1 Å². The molecule has 0 saturated carbocycles. The molecule has 0 radical (unpaired) electrons. The maximum Gasteiger partial charge on any atom is 0.238 e. The number of sulfonamides is 1. The van der Waals surface area contributed by atoms with E-state index in [0.717, 1.165) is 16.7 Å². The highest BCUT2D eigenvalue weighted by Gasteiger charge is 2.34. The first kappa shape index (κ1) is 16.7. The van der Waals surface area contributed by atoms with Gasteiger partial charge in [-0.3, -0.25) is 0 Å². The molecule has 0 bridgehead atoms. The Hall–Kier alpha value is -2.20. The van der Waals surface area contributed by atoms with Crippen LogP contribution in [-0.4, -0.2) is 21.6 Å². The zero-order chi connectivity index (χ0) is 17.2. The van der Waals surface area contributed by atoms with Gasteiger partial charge in [0.25, 0.3) is 0 Å². The molecule has 0 unspecified atom stereocenters. The summed E-state index contributed by atoms with van der Waals surface area (Å²) in [6.45, 7) is 1.18. The van der Waals surface area contributed by atoms with Crippen molar-refractivity contribution in [3.63, 3.8) is 0 Å². The van der Waals surface area contributed by atoms with Gasteiger partial charge in [0.2, 0.25) is 10.0 Å². The summed E-state index contributed by atoms with van der Waals surface area (Å²) in [6.07, 6.45) is 1.37. The van der Waals surface area contributed by atoms with E-state index in [4.69, 9.17) is 9.88 Å². The number of nitrogens with zero attached hydrogens (tertiary/aromatic N) is 1. The zero-order valence-corrected chi connectivity index (χ0v) is 13.9. The lowest BCUT2D eigenvalue weighted by molar-refractivity contribution is 0.0675. The Morgan fingerprint density at radius 3 is 2.29 bits per heavy atom. The van der Waals surface area contributed by atoms with Gasteiger partial charge in [-0.25, -0.2) is 13.6 Å². The van der Waals surface area contributed by atoms with Crippen molar-refractivity contribution >= 4 is 10.0 Å². The average molecular weight is 342 g/mol. The molecule has 2 N–H and O–H groups in total. The molecule has 2 aromatic carbocycles. The first-order valence-corrected chi connectivity index (χ1v) is 9.22. The van der Waals surface area contributed by atoms with E-state index in [1.54, 1.807) is 12.1 Å². The van der Waals surface area contributed by atoms with Gasteiger partial charge in [-0.05, 0) is 41.7 Å². The topological polar surface area (TPSA) is 93.2 Å². The van der Waals surface area contributed by atoms with Gasteiger partial charge in [-0.2, -0.15) is 5.26 Å². The monoisotopic (exact) mass is 342 g/mol. The largest absolute Gasteiger partial charge is 0.381 e. The van der Waals surface area contributed by atoms with Crippen molar-refractivity contribution in [1.82, 2.24) is 0 Å². The summed E-state index contributed by atoms with van der Waals surface area (Å²) in [5.41, 5.74) is 2.12. The van der Waals surface area contributed by atoms with Crippen molar-refractivity contribution in [1.29, 1.82) is 5.26 Å². The molecule has 24 heavy (non-hydrogen) atoms. The van der Waals surface area contributed by atoms with Gasteiger partial charge in [0.1, 0.15) is 0 Å². The molecule has 1 heterocycles. The number of benzene rings is 2. The van der Waals surface area contributed by atoms with Crippen LogP contribution in [0.15, 0.2) is 53.4 Å². The number of rotatable bonds is 3. The van der Waals surface area contributed by atoms with Crippen LogP contribution in [0.3, 0.4) is 0 Å². The van der Waals surface area contributed by atoms with E-state index in [2.05, 4.69) is 6.07 Å². The van der Waals surface area contributed by atoms with E-state index in [1.807, 2.05) is 30.3 Å². The van der Waals surface area contributed by atoms with Crippen LogP contribution in [0, 0.1) is 11.3 Å². The molecule has 2 aromatic rings. The smallest absolute Gasteiger partial charge is 0.238 e. The van der Waals surface area contributed by atoms with E-state index < -0.39 is 15.4 Å². The summed E-state index contributed by atoms with van der Waals surface area (Å²) in [7, 11) is -3.73. The summed E-state index contributed by atoms with van der Waals surface area (Å²) in [5, 5.41) is 14.8. The molecule has 0 spiro atoms. The molecule has 0 amide bonds. The first-order valence-electron chi connectivity index (χ1n) is 7.67. The Balaban J connectivity index is 1.94. The lowest BCUT2D eigenvalue weighted by atomic mass is 9.75. The minimum absolute atomic E-state index is 0.0852. The van der Waals surface area contributed by atoms with Crippen LogP contribution in [0.4, 0.5) is 0 Å². The number of nitriles is 1. The van der Waals surface area contributed by atoms with E-state index >= 15 is 0 Å². The van der Waals surface area contributed by atoms with E-state index in [9.17, 15) is 13.7 Å².